The highest BCUT2D eigenvalue weighted by Crippen LogP contribution is 2.29. The van der Waals surface area contributed by atoms with E-state index >= 15 is 0 Å². The fourth-order valence-corrected chi connectivity index (χ4v) is 1.78. The molecule has 0 radical (unpaired) electrons. The quantitative estimate of drug-likeness (QED) is 0.561. The van der Waals surface area contributed by atoms with Crippen LogP contribution in [0.4, 0.5) is 0 Å². The number of benzene rings is 1. The van der Waals surface area contributed by atoms with Crippen molar-refractivity contribution in [3.63, 3.8) is 0 Å². The number of hydrogen-bond acceptors (Lipinski definition) is 4. The molecule has 1 aliphatic heterocycles. The Labute approximate surface area is 93.2 Å². The summed E-state index contributed by atoms with van der Waals surface area (Å²) in [5, 5.41) is 0. The van der Waals surface area contributed by atoms with Gasteiger partial charge in [-0.3, -0.25) is 9.59 Å². The van der Waals surface area contributed by atoms with Crippen LogP contribution in [0.5, 0.6) is 5.75 Å². The number of esters is 2. The second-order valence-corrected chi connectivity index (χ2v) is 3.66. The molecule has 0 bridgehead atoms. The summed E-state index contributed by atoms with van der Waals surface area (Å²) in [5.74, 6) is -0.566. The van der Waals surface area contributed by atoms with Crippen molar-refractivity contribution >= 4 is 11.9 Å². The minimum Gasteiger partial charge on any atom is -0.497 e. The number of ether oxygens (including phenoxy) is 2. The van der Waals surface area contributed by atoms with E-state index in [0.717, 1.165) is 5.56 Å². The maximum Gasteiger partial charge on any atom is 0.321 e. The molecule has 0 spiro atoms. The van der Waals surface area contributed by atoms with Crippen LogP contribution in [-0.4, -0.2) is 19.0 Å². The van der Waals surface area contributed by atoms with Gasteiger partial charge in [0.1, 0.15) is 5.75 Å². The Morgan fingerprint density at radius 1 is 1.38 bits per heavy atom. The molecule has 84 valence electrons. The van der Waals surface area contributed by atoms with Gasteiger partial charge in [0.15, 0.2) is 0 Å². The zero-order chi connectivity index (χ0) is 11.5. The lowest BCUT2D eigenvalue weighted by atomic mass is 9.92. The Hall–Kier alpha value is -1.84. The van der Waals surface area contributed by atoms with Crippen LogP contribution in [-0.2, 0) is 14.3 Å². The van der Waals surface area contributed by atoms with Gasteiger partial charge in [0, 0.05) is 6.42 Å². The van der Waals surface area contributed by atoms with E-state index in [1.807, 2.05) is 18.2 Å². The van der Waals surface area contributed by atoms with Gasteiger partial charge >= 0.3 is 11.9 Å². The average molecular weight is 220 g/mol. The standard InChI is InChI=1S/C12H12O4/c1-15-9-4-2-3-8(7-9)10-5-6-11(13)16-12(10)14/h2-4,7,10H,5-6H2,1H3. The molecule has 1 heterocycles. The molecule has 1 aliphatic rings. The summed E-state index contributed by atoms with van der Waals surface area (Å²) in [6.07, 6.45) is 0.790. The first kappa shape index (κ1) is 10.7. The molecule has 0 aromatic heterocycles. The van der Waals surface area contributed by atoms with Crippen molar-refractivity contribution in [3.8, 4) is 5.75 Å². The number of hydrogen-bond donors (Lipinski definition) is 0. The zero-order valence-corrected chi connectivity index (χ0v) is 8.93. The van der Waals surface area contributed by atoms with Crippen LogP contribution in [0.2, 0.25) is 0 Å². The Morgan fingerprint density at radius 3 is 2.88 bits per heavy atom. The monoisotopic (exact) mass is 220 g/mol. The molecule has 4 nitrogen and oxygen atoms in total. The molecular formula is C12H12O4. The van der Waals surface area contributed by atoms with Gasteiger partial charge in [-0.05, 0) is 24.1 Å². The predicted octanol–water partition coefficient (Wildman–Crippen LogP) is 1.64. The summed E-state index contributed by atoms with van der Waals surface area (Å²) in [4.78, 5) is 22.4. The molecule has 4 heteroatoms. The number of methoxy groups -OCH3 is 1. The minimum absolute atomic E-state index is 0.285. The largest absolute Gasteiger partial charge is 0.497 e. The third-order valence-corrected chi connectivity index (χ3v) is 2.63. The topological polar surface area (TPSA) is 52.6 Å². The third-order valence-electron chi connectivity index (χ3n) is 2.63. The van der Waals surface area contributed by atoms with E-state index in [1.165, 1.54) is 0 Å². The molecule has 0 N–H and O–H groups in total. The fraction of sp³-hybridized carbons (Fsp3) is 0.333. The first-order chi connectivity index (χ1) is 7.70. The van der Waals surface area contributed by atoms with Gasteiger partial charge < -0.3 is 9.47 Å². The Morgan fingerprint density at radius 2 is 2.19 bits per heavy atom. The van der Waals surface area contributed by atoms with E-state index in [-0.39, 0.29) is 12.3 Å². The van der Waals surface area contributed by atoms with E-state index in [2.05, 4.69) is 4.74 Å². The molecule has 1 aromatic rings. The summed E-state index contributed by atoms with van der Waals surface area (Å²) in [5.41, 5.74) is 0.830. The van der Waals surface area contributed by atoms with Gasteiger partial charge in [0.2, 0.25) is 0 Å². The third kappa shape index (κ3) is 2.05. The van der Waals surface area contributed by atoms with Gasteiger partial charge in [0.05, 0.1) is 13.0 Å². The molecule has 0 aliphatic carbocycles. The smallest absolute Gasteiger partial charge is 0.321 e. The fourth-order valence-electron chi connectivity index (χ4n) is 1.78. The summed E-state index contributed by atoms with van der Waals surface area (Å²) in [6.45, 7) is 0. The molecule has 1 fully saturated rings. The second kappa shape index (κ2) is 4.35. The zero-order valence-electron chi connectivity index (χ0n) is 8.93. The van der Waals surface area contributed by atoms with Crippen LogP contribution in [0.25, 0.3) is 0 Å². The normalized spacial score (nSPS) is 20.4. The lowest BCUT2D eigenvalue weighted by Crippen LogP contribution is -2.26. The van der Waals surface area contributed by atoms with Crippen molar-refractivity contribution in [1.29, 1.82) is 0 Å². The van der Waals surface area contributed by atoms with Gasteiger partial charge in [0.25, 0.3) is 0 Å². The van der Waals surface area contributed by atoms with Crippen molar-refractivity contribution in [3.05, 3.63) is 29.8 Å². The van der Waals surface area contributed by atoms with E-state index < -0.39 is 11.9 Å². The molecule has 1 aromatic carbocycles. The summed E-state index contributed by atoms with van der Waals surface area (Å²) in [6, 6.07) is 7.26. The highest BCUT2D eigenvalue weighted by molar-refractivity contribution is 5.92. The van der Waals surface area contributed by atoms with Gasteiger partial charge in [-0.15, -0.1) is 0 Å². The Balaban J connectivity index is 2.23. The van der Waals surface area contributed by atoms with Crippen molar-refractivity contribution < 1.29 is 19.1 Å². The van der Waals surface area contributed by atoms with Crippen LogP contribution >= 0.6 is 0 Å². The lowest BCUT2D eigenvalue weighted by molar-refractivity contribution is -0.164. The van der Waals surface area contributed by atoms with E-state index in [1.54, 1.807) is 13.2 Å². The molecule has 0 amide bonds. The van der Waals surface area contributed by atoms with Crippen LogP contribution in [0.3, 0.4) is 0 Å². The van der Waals surface area contributed by atoms with Crippen molar-refractivity contribution in [2.24, 2.45) is 0 Å². The maximum absolute atomic E-state index is 11.5. The molecule has 1 atom stereocenters. The Bertz CT molecular complexity index is 425. The number of rotatable bonds is 2. The SMILES string of the molecule is COc1cccc(C2CCC(=O)OC2=O)c1. The van der Waals surface area contributed by atoms with Crippen LogP contribution in [0.1, 0.15) is 24.3 Å². The molecule has 1 unspecified atom stereocenters. The van der Waals surface area contributed by atoms with E-state index in [0.29, 0.717) is 12.2 Å². The summed E-state index contributed by atoms with van der Waals surface area (Å²) < 4.78 is 9.69. The van der Waals surface area contributed by atoms with Gasteiger partial charge in [-0.1, -0.05) is 12.1 Å². The number of cyclic esters (lactones) is 2. The molecule has 0 saturated carbocycles. The lowest BCUT2D eigenvalue weighted by Gasteiger charge is -2.19. The number of carbonyl (C=O) groups is 2. The summed E-state index contributed by atoms with van der Waals surface area (Å²) >= 11 is 0. The first-order valence-electron chi connectivity index (χ1n) is 5.09. The van der Waals surface area contributed by atoms with Crippen molar-refractivity contribution in [2.45, 2.75) is 18.8 Å². The molecular weight excluding hydrogens is 208 g/mol. The minimum atomic E-state index is -0.468. The summed E-state index contributed by atoms with van der Waals surface area (Å²) in [7, 11) is 1.57. The van der Waals surface area contributed by atoms with Crippen molar-refractivity contribution in [2.75, 3.05) is 7.11 Å². The van der Waals surface area contributed by atoms with Gasteiger partial charge in [-0.25, -0.2) is 0 Å². The predicted molar refractivity (Wildman–Crippen MR) is 56.1 cm³/mol. The van der Waals surface area contributed by atoms with Crippen LogP contribution < -0.4 is 4.74 Å². The second-order valence-electron chi connectivity index (χ2n) is 3.66. The molecule has 2 rings (SSSR count). The van der Waals surface area contributed by atoms with E-state index in [9.17, 15) is 9.59 Å². The maximum atomic E-state index is 11.5. The Kier molecular flexibility index (Phi) is 2.90. The molecule has 16 heavy (non-hydrogen) atoms. The number of carbonyl (C=O) groups excluding carboxylic acids is 2. The van der Waals surface area contributed by atoms with Crippen LogP contribution in [0, 0.1) is 0 Å². The van der Waals surface area contributed by atoms with E-state index in [4.69, 9.17) is 4.74 Å². The van der Waals surface area contributed by atoms with Gasteiger partial charge in [-0.2, -0.15) is 0 Å². The highest BCUT2D eigenvalue weighted by Gasteiger charge is 2.30. The average Bonchev–Trinajstić information content (AvgIpc) is 2.29. The highest BCUT2D eigenvalue weighted by atomic mass is 16.6. The van der Waals surface area contributed by atoms with Crippen molar-refractivity contribution in [1.82, 2.24) is 0 Å². The van der Waals surface area contributed by atoms with Crippen LogP contribution in [0.15, 0.2) is 24.3 Å². The molecule has 1 saturated heterocycles. The first-order valence-corrected chi connectivity index (χ1v) is 5.09.